The molecule has 2 rings (SSSR count). The fraction of sp³-hybridized carbons (Fsp3) is 0.385. The van der Waals surface area contributed by atoms with Crippen LogP contribution in [0.25, 0.3) is 0 Å². The Hall–Kier alpha value is -1.46. The standard InChI is InChI=1S/C13H17N3OS/c1-10(2)14-8-12-15-16-13(18-12)17-9-11-6-4-3-5-7-11/h3-7,10,14H,8-9H2,1-2H3. The lowest BCUT2D eigenvalue weighted by Gasteiger charge is -2.03. The van der Waals surface area contributed by atoms with Crippen molar-refractivity contribution in [1.82, 2.24) is 15.5 Å². The van der Waals surface area contributed by atoms with Gasteiger partial charge in [-0.1, -0.05) is 60.6 Å². The highest BCUT2D eigenvalue weighted by atomic mass is 32.1. The number of rotatable bonds is 6. The van der Waals surface area contributed by atoms with Crippen LogP contribution < -0.4 is 10.1 Å². The van der Waals surface area contributed by atoms with E-state index in [1.165, 1.54) is 11.3 Å². The molecule has 1 aromatic heterocycles. The van der Waals surface area contributed by atoms with E-state index in [0.29, 0.717) is 17.8 Å². The molecule has 0 amide bonds. The minimum absolute atomic E-state index is 0.447. The average Bonchev–Trinajstić information content (AvgIpc) is 2.83. The van der Waals surface area contributed by atoms with E-state index < -0.39 is 0 Å². The van der Waals surface area contributed by atoms with Gasteiger partial charge in [0, 0.05) is 6.04 Å². The van der Waals surface area contributed by atoms with Crippen LogP contribution in [0.4, 0.5) is 0 Å². The Morgan fingerprint density at radius 3 is 2.72 bits per heavy atom. The maximum atomic E-state index is 5.60. The van der Waals surface area contributed by atoms with Gasteiger partial charge in [0.15, 0.2) is 0 Å². The third-order valence-electron chi connectivity index (χ3n) is 2.31. The zero-order chi connectivity index (χ0) is 12.8. The maximum absolute atomic E-state index is 5.60. The molecule has 0 saturated carbocycles. The van der Waals surface area contributed by atoms with Crippen molar-refractivity contribution < 1.29 is 4.74 Å². The van der Waals surface area contributed by atoms with Crippen LogP contribution in [0.3, 0.4) is 0 Å². The predicted octanol–water partition coefficient (Wildman–Crippen LogP) is 2.62. The Bertz CT molecular complexity index is 470. The van der Waals surface area contributed by atoms with Crippen molar-refractivity contribution >= 4 is 11.3 Å². The molecule has 0 fully saturated rings. The topological polar surface area (TPSA) is 47.0 Å². The number of nitrogens with zero attached hydrogens (tertiary/aromatic N) is 2. The Kier molecular flexibility index (Phi) is 4.66. The van der Waals surface area contributed by atoms with Gasteiger partial charge in [0.25, 0.3) is 5.19 Å². The highest BCUT2D eigenvalue weighted by Gasteiger charge is 2.05. The summed E-state index contributed by atoms with van der Waals surface area (Å²) in [5.41, 5.74) is 1.13. The first-order chi connectivity index (χ1) is 8.74. The first-order valence-corrected chi connectivity index (χ1v) is 6.78. The first kappa shape index (κ1) is 13.0. The number of benzene rings is 1. The van der Waals surface area contributed by atoms with Gasteiger partial charge < -0.3 is 10.1 Å². The molecule has 0 radical (unpaired) electrons. The number of ether oxygens (including phenoxy) is 1. The molecule has 0 saturated heterocycles. The van der Waals surface area contributed by atoms with Gasteiger partial charge in [-0.3, -0.25) is 0 Å². The summed E-state index contributed by atoms with van der Waals surface area (Å²) in [6, 6.07) is 10.5. The van der Waals surface area contributed by atoms with Crippen molar-refractivity contribution in [3.8, 4) is 5.19 Å². The van der Waals surface area contributed by atoms with Crippen LogP contribution in [0.5, 0.6) is 5.19 Å². The smallest absolute Gasteiger partial charge is 0.294 e. The molecular formula is C13H17N3OS. The van der Waals surface area contributed by atoms with Crippen LogP contribution in [0.2, 0.25) is 0 Å². The van der Waals surface area contributed by atoms with Crippen molar-refractivity contribution in [1.29, 1.82) is 0 Å². The van der Waals surface area contributed by atoms with Gasteiger partial charge in [-0.2, -0.15) is 0 Å². The second kappa shape index (κ2) is 6.47. The number of hydrogen-bond acceptors (Lipinski definition) is 5. The van der Waals surface area contributed by atoms with E-state index in [1.54, 1.807) is 0 Å². The zero-order valence-electron chi connectivity index (χ0n) is 10.6. The molecule has 96 valence electrons. The molecule has 0 aliphatic rings. The highest BCUT2D eigenvalue weighted by Crippen LogP contribution is 2.19. The van der Waals surface area contributed by atoms with Crippen molar-refractivity contribution in [3.05, 3.63) is 40.9 Å². The van der Waals surface area contributed by atoms with Crippen LogP contribution >= 0.6 is 11.3 Å². The van der Waals surface area contributed by atoms with Gasteiger partial charge in [-0.25, -0.2) is 0 Å². The molecule has 0 aliphatic carbocycles. The molecule has 1 aromatic carbocycles. The lowest BCUT2D eigenvalue weighted by atomic mass is 10.2. The minimum atomic E-state index is 0.447. The summed E-state index contributed by atoms with van der Waals surface area (Å²) in [5.74, 6) is 0. The monoisotopic (exact) mass is 263 g/mol. The summed E-state index contributed by atoms with van der Waals surface area (Å²) in [6.07, 6.45) is 0. The summed E-state index contributed by atoms with van der Waals surface area (Å²) in [5, 5.41) is 13.0. The maximum Gasteiger partial charge on any atom is 0.294 e. The molecule has 2 aromatic rings. The largest absolute Gasteiger partial charge is 0.464 e. The first-order valence-electron chi connectivity index (χ1n) is 5.96. The van der Waals surface area contributed by atoms with Gasteiger partial charge in [0.2, 0.25) is 0 Å². The quantitative estimate of drug-likeness (QED) is 0.870. The van der Waals surface area contributed by atoms with Gasteiger partial charge in [0.05, 0.1) is 6.54 Å². The average molecular weight is 263 g/mol. The fourth-order valence-electron chi connectivity index (χ4n) is 1.38. The summed E-state index contributed by atoms with van der Waals surface area (Å²) >= 11 is 1.49. The number of nitrogens with one attached hydrogen (secondary N) is 1. The summed E-state index contributed by atoms with van der Waals surface area (Å²) in [4.78, 5) is 0. The highest BCUT2D eigenvalue weighted by molar-refractivity contribution is 7.13. The SMILES string of the molecule is CC(C)NCc1nnc(OCc2ccccc2)s1. The van der Waals surface area contributed by atoms with E-state index in [0.717, 1.165) is 17.1 Å². The lowest BCUT2D eigenvalue weighted by molar-refractivity contribution is 0.302. The van der Waals surface area contributed by atoms with Crippen LogP contribution in [0.1, 0.15) is 24.4 Å². The molecule has 0 unspecified atom stereocenters. The second-order valence-electron chi connectivity index (χ2n) is 4.27. The van der Waals surface area contributed by atoms with E-state index in [1.807, 2.05) is 30.3 Å². The predicted molar refractivity (Wildman–Crippen MR) is 72.7 cm³/mol. The van der Waals surface area contributed by atoms with Crippen LogP contribution in [-0.4, -0.2) is 16.2 Å². The van der Waals surface area contributed by atoms with Crippen LogP contribution in [0.15, 0.2) is 30.3 Å². The Balaban J connectivity index is 1.83. The molecule has 18 heavy (non-hydrogen) atoms. The molecule has 0 aliphatic heterocycles. The lowest BCUT2D eigenvalue weighted by Crippen LogP contribution is -2.21. The fourth-order valence-corrected chi connectivity index (χ4v) is 2.02. The number of hydrogen-bond donors (Lipinski definition) is 1. The van der Waals surface area contributed by atoms with Gasteiger partial charge >= 0.3 is 0 Å². The Morgan fingerprint density at radius 1 is 1.22 bits per heavy atom. The summed E-state index contributed by atoms with van der Waals surface area (Å²) in [7, 11) is 0. The Morgan fingerprint density at radius 2 is 2.00 bits per heavy atom. The molecule has 0 atom stereocenters. The van der Waals surface area contributed by atoms with Crippen LogP contribution in [-0.2, 0) is 13.2 Å². The van der Waals surface area contributed by atoms with Crippen molar-refractivity contribution in [2.45, 2.75) is 33.0 Å². The zero-order valence-corrected chi connectivity index (χ0v) is 11.4. The van der Waals surface area contributed by atoms with Gasteiger partial charge in [-0.15, -0.1) is 5.10 Å². The summed E-state index contributed by atoms with van der Waals surface area (Å²) in [6.45, 7) is 5.48. The van der Waals surface area contributed by atoms with E-state index in [2.05, 4.69) is 29.4 Å². The molecule has 4 nitrogen and oxygen atoms in total. The molecular weight excluding hydrogens is 246 g/mol. The van der Waals surface area contributed by atoms with Crippen molar-refractivity contribution in [3.63, 3.8) is 0 Å². The molecule has 1 heterocycles. The van der Waals surface area contributed by atoms with E-state index in [9.17, 15) is 0 Å². The van der Waals surface area contributed by atoms with E-state index in [-0.39, 0.29) is 0 Å². The van der Waals surface area contributed by atoms with Crippen molar-refractivity contribution in [2.24, 2.45) is 0 Å². The van der Waals surface area contributed by atoms with Gasteiger partial charge in [-0.05, 0) is 5.56 Å². The molecule has 5 heteroatoms. The van der Waals surface area contributed by atoms with E-state index in [4.69, 9.17) is 4.74 Å². The molecule has 0 spiro atoms. The Labute approximate surface area is 111 Å². The molecule has 0 bridgehead atoms. The third-order valence-corrected chi connectivity index (χ3v) is 3.15. The molecule has 1 N–H and O–H groups in total. The van der Waals surface area contributed by atoms with Crippen LogP contribution in [0, 0.1) is 0 Å². The van der Waals surface area contributed by atoms with Crippen molar-refractivity contribution in [2.75, 3.05) is 0 Å². The van der Waals surface area contributed by atoms with Gasteiger partial charge in [0.1, 0.15) is 11.6 Å². The number of aromatic nitrogens is 2. The normalized spacial score (nSPS) is 10.8. The third kappa shape index (κ3) is 4.09. The minimum Gasteiger partial charge on any atom is -0.464 e. The van der Waals surface area contributed by atoms with E-state index >= 15 is 0 Å². The summed E-state index contributed by atoms with van der Waals surface area (Å²) < 4.78 is 5.60. The second-order valence-corrected chi connectivity index (χ2v) is 5.30.